The van der Waals surface area contributed by atoms with Crippen molar-refractivity contribution in [2.24, 2.45) is 0 Å². The average molecular weight is 246 g/mol. The van der Waals surface area contributed by atoms with Gasteiger partial charge >= 0.3 is 0 Å². The molecule has 0 aromatic heterocycles. The zero-order chi connectivity index (χ0) is 12.1. The van der Waals surface area contributed by atoms with Gasteiger partial charge in [0.1, 0.15) is 11.6 Å². The van der Waals surface area contributed by atoms with Gasteiger partial charge in [-0.2, -0.15) is 11.8 Å². The molecule has 0 heterocycles. The fraction of sp³-hybridized carbons (Fsp3) is 0.500. The number of benzene rings is 1. The van der Waals surface area contributed by atoms with Gasteiger partial charge in [-0.15, -0.1) is 0 Å². The van der Waals surface area contributed by atoms with Gasteiger partial charge in [0.2, 0.25) is 0 Å². The lowest BCUT2D eigenvalue weighted by Gasteiger charge is -2.12. The van der Waals surface area contributed by atoms with Crippen LogP contribution in [-0.4, -0.2) is 22.2 Å². The maximum Gasteiger partial charge on any atom is 0.126 e. The summed E-state index contributed by atoms with van der Waals surface area (Å²) in [7, 11) is 0. The van der Waals surface area contributed by atoms with Crippen molar-refractivity contribution in [1.29, 1.82) is 0 Å². The molecule has 1 unspecified atom stereocenters. The van der Waals surface area contributed by atoms with E-state index >= 15 is 0 Å². The van der Waals surface area contributed by atoms with Crippen LogP contribution in [0.15, 0.2) is 18.2 Å². The maximum atomic E-state index is 13.2. The van der Waals surface area contributed by atoms with Crippen molar-refractivity contribution < 1.29 is 13.9 Å². The molecule has 0 aliphatic heterocycles. The molecule has 1 rings (SSSR count). The molecule has 0 amide bonds. The quantitative estimate of drug-likeness (QED) is 0.861. The minimum absolute atomic E-state index is 0.156. The summed E-state index contributed by atoms with van der Waals surface area (Å²) >= 11 is 1.60. The summed E-state index contributed by atoms with van der Waals surface area (Å²) in [6.07, 6.45) is -0.479. The number of halogens is 2. The van der Waals surface area contributed by atoms with Crippen LogP contribution in [0.2, 0.25) is 0 Å². The van der Waals surface area contributed by atoms with Gasteiger partial charge in [-0.05, 0) is 29.0 Å². The molecule has 1 aromatic rings. The van der Waals surface area contributed by atoms with Gasteiger partial charge in [-0.3, -0.25) is 0 Å². The van der Waals surface area contributed by atoms with Crippen molar-refractivity contribution in [2.45, 2.75) is 31.6 Å². The number of hydrogen-bond donors (Lipinski definition) is 1. The highest BCUT2D eigenvalue weighted by atomic mass is 32.2. The van der Waals surface area contributed by atoms with E-state index in [0.29, 0.717) is 11.0 Å². The van der Waals surface area contributed by atoms with Crippen molar-refractivity contribution >= 4 is 11.8 Å². The van der Waals surface area contributed by atoms with E-state index in [1.165, 1.54) is 0 Å². The molecule has 0 saturated heterocycles. The monoisotopic (exact) mass is 246 g/mol. The van der Waals surface area contributed by atoms with E-state index in [9.17, 15) is 13.9 Å². The van der Waals surface area contributed by atoms with Crippen molar-refractivity contribution in [1.82, 2.24) is 0 Å². The summed E-state index contributed by atoms with van der Waals surface area (Å²) < 4.78 is 26.1. The molecule has 0 bridgehead atoms. The van der Waals surface area contributed by atoms with Crippen molar-refractivity contribution in [3.63, 3.8) is 0 Å². The Balaban J connectivity index is 2.55. The molecule has 1 aromatic carbocycles. The first-order chi connectivity index (χ1) is 7.49. The molecule has 0 fully saturated rings. The molecule has 0 aliphatic rings. The third-order valence-electron chi connectivity index (χ3n) is 2.09. The van der Waals surface area contributed by atoms with Crippen LogP contribution >= 0.6 is 11.8 Å². The Morgan fingerprint density at radius 2 is 2.00 bits per heavy atom. The zero-order valence-electron chi connectivity index (χ0n) is 9.41. The van der Waals surface area contributed by atoms with Crippen LogP contribution in [-0.2, 0) is 6.42 Å². The Hall–Kier alpha value is -0.610. The normalized spacial score (nSPS) is 13.1. The Bertz CT molecular complexity index is 342. The van der Waals surface area contributed by atoms with Gasteiger partial charge in [0, 0.05) is 12.2 Å². The Morgan fingerprint density at radius 1 is 1.31 bits per heavy atom. The van der Waals surface area contributed by atoms with Gasteiger partial charge < -0.3 is 5.11 Å². The minimum Gasteiger partial charge on any atom is -0.392 e. The molecule has 0 radical (unpaired) electrons. The van der Waals surface area contributed by atoms with E-state index in [-0.39, 0.29) is 12.0 Å². The van der Waals surface area contributed by atoms with Crippen LogP contribution in [0.3, 0.4) is 0 Å². The minimum atomic E-state index is -0.635. The molecule has 1 nitrogen and oxygen atoms in total. The number of hydrogen-bond acceptors (Lipinski definition) is 2. The second-order valence-electron chi connectivity index (χ2n) is 3.98. The molecule has 16 heavy (non-hydrogen) atoms. The van der Waals surface area contributed by atoms with Gasteiger partial charge in [0.15, 0.2) is 0 Å². The molecule has 1 atom stereocenters. The molecule has 4 heteroatoms. The molecule has 0 saturated carbocycles. The zero-order valence-corrected chi connectivity index (χ0v) is 10.2. The van der Waals surface area contributed by atoms with Crippen molar-refractivity contribution in [3.8, 4) is 0 Å². The van der Waals surface area contributed by atoms with Crippen LogP contribution < -0.4 is 0 Å². The van der Waals surface area contributed by atoms with Gasteiger partial charge in [-0.25, -0.2) is 8.78 Å². The van der Waals surface area contributed by atoms with E-state index in [4.69, 9.17) is 0 Å². The smallest absolute Gasteiger partial charge is 0.126 e. The molecule has 1 N–H and O–H groups in total. The third kappa shape index (κ3) is 4.49. The average Bonchev–Trinajstić information content (AvgIpc) is 2.20. The van der Waals surface area contributed by atoms with E-state index in [1.54, 1.807) is 11.8 Å². The predicted molar refractivity (Wildman–Crippen MR) is 63.7 cm³/mol. The SMILES string of the molecule is CC(C)SCC(O)Cc1cc(F)ccc1F. The maximum absolute atomic E-state index is 13.2. The summed E-state index contributed by atoms with van der Waals surface area (Å²) in [5, 5.41) is 10.1. The Labute approximate surface area is 98.9 Å². The highest BCUT2D eigenvalue weighted by Crippen LogP contribution is 2.16. The standard InChI is InChI=1S/C12H16F2OS/c1-8(2)16-7-11(15)6-9-5-10(13)3-4-12(9)14/h3-5,8,11,15H,6-7H2,1-2H3. The fourth-order valence-electron chi connectivity index (χ4n) is 1.32. The molecule has 90 valence electrons. The summed E-state index contributed by atoms with van der Waals surface area (Å²) in [6, 6.07) is 3.31. The lowest BCUT2D eigenvalue weighted by atomic mass is 10.1. The van der Waals surface area contributed by atoms with Gasteiger partial charge in [0.25, 0.3) is 0 Å². The highest BCUT2D eigenvalue weighted by molar-refractivity contribution is 7.99. The molecule has 0 spiro atoms. The summed E-state index contributed by atoms with van der Waals surface area (Å²) in [5.74, 6) is -0.400. The summed E-state index contributed by atoms with van der Waals surface area (Å²) in [4.78, 5) is 0. The van der Waals surface area contributed by atoms with Crippen molar-refractivity contribution in [2.75, 3.05) is 5.75 Å². The lowest BCUT2D eigenvalue weighted by Crippen LogP contribution is -2.15. The third-order valence-corrected chi connectivity index (χ3v) is 3.33. The van der Waals surface area contributed by atoms with Gasteiger partial charge in [0.05, 0.1) is 6.10 Å². The lowest BCUT2D eigenvalue weighted by molar-refractivity contribution is 0.198. The second kappa shape index (κ2) is 6.21. The number of thioether (sulfide) groups is 1. The largest absolute Gasteiger partial charge is 0.392 e. The van der Waals surface area contributed by atoms with Crippen LogP contribution in [0.25, 0.3) is 0 Å². The Morgan fingerprint density at radius 3 is 2.62 bits per heavy atom. The van der Waals surface area contributed by atoms with Crippen molar-refractivity contribution in [3.05, 3.63) is 35.4 Å². The first-order valence-corrected chi connectivity index (χ1v) is 6.27. The number of aliphatic hydroxyl groups excluding tert-OH is 1. The molecular formula is C12H16F2OS. The van der Waals surface area contributed by atoms with Crippen LogP contribution in [0.1, 0.15) is 19.4 Å². The number of aliphatic hydroxyl groups is 1. The van der Waals surface area contributed by atoms with E-state index in [0.717, 1.165) is 18.2 Å². The Kier molecular flexibility index (Phi) is 5.22. The van der Waals surface area contributed by atoms with Gasteiger partial charge in [-0.1, -0.05) is 13.8 Å². The summed E-state index contributed by atoms with van der Waals surface area (Å²) in [6.45, 7) is 4.06. The van der Waals surface area contributed by atoms with Crippen LogP contribution in [0.4, 0.5) is 8.78 Å². The molecule has 0 aliphatic carbocycles. The highest BCUT2D eigenvalue weighted by Gasteiger charge is 2.11. The number of rotatable bonds is 5. The van der Waals surface area contributed by atoms with E-state index < -0.39 is 17.7 Å². The van der Waals surface area contributed by atoms with E-state index in [2.05, 4.69) is 0 Å². The first kappa shape index (κ1) is 13.5. The summed E-state index contributed by atoms with van der Waals surface area (Å²) in [5.41, 5.74) is 0.233. The molecular weight excluding hydrogens is 230 g/mol. The second-order valence-corrected chi connectivity index (χ2v) is 5.59. The van der Waals surface area contributed by atoms with Crippen LogP contribution in [0.5, 0.6) is 0 Å². The van der Waals surface area contributed by atoms with E-state index in [1.807, 2.05) is 13.8 Å². The first-order valence-electron chi connectivity index (χ1n) is 5.22. The topological polar surface area (TPSA) is 20.2 Å². The van der Waals surface area contributed by atoms with Crippen LogP contribution in [0, 0.1) is 11.6 Å². The fourth-order valence-corrected chi connectivity index (χ4v) is 2.04. The predicted octanol–water partition coefficient (Wildman–Crippen LogP) is 3.01.